The molecule has 0 atom stereocenters. The topological polar surface area (TPSA) is 0 Å². The molecule has 0 aliphatic heterocycles. The van der Waals surface area contributed by atoms with Gasteiger partial charge in [-0.15, -0.1) is 0 Å². The SMILES string of the molecule is [CH]1[CH][CH][CH][CH]1.[CH]1[CH][CH][CH][CH]1.[Mo+4].[S-]SS[S-]. The van der Waals surface area contributed by atoms with Gasteiger partial charge in [0.2, 0.25) is 0 Å². The van der Waals surface area contributed by atoms with E-state index in [0.29, 0.717) is 0 Å². The Morgan fingerprint density at radius 1 is 0.467 bits per heavy atom. The zero-order valence-electron chi connectivity index (χ0n) is 7.81. The fourth-order valence-electron chi connectivity index (χ4n) is 0.642. The van der Waals surface area contributed by atoms with Gasteiger partial charge in [-0.25, -0.2) is 0 Å². The van der Waals surface area contributed by atoms with Crippen LogP contribution in [-0.4, -0.2) is 0 Å². The summed E-state index contributed by atoms with van der Waals surface area (Å²) in [7, 11) is 2.34. The first kappa shape index (κ1) is 19.4. The molecule has 0 aromatic heterocycles. The van der Waals surface area contributed by atoms with Crippen LogP contribution in [0.2, 0.25) is 0 Å². The molecular formula is C10H10MoS4+2. The van der Waals surface area contributed by atoms with E-state index in [1.54, 1.807) is 0 Å². The van der Waals surface area contributed by atoms with E-state index in [-0.39, 0.29) is 21.1 Å². The summed E-state index contributed by atoms with van der Waals surface area (Å²) in [5.41, 5.74) is 0. The third kappa shape index (κ3) is 18.6. The Balaban J connectivity index is 0. The molecule has 2 saturated carbocycles. The molecular weight excluding hydrogens is 344 g/mol. The van der Waals surface area contributed by atoms with Crippen LogP contribution in [0.3, 0.4) is 0 Å². The van der Waals surface area contributed by atoms with Crippen LogP contribution < -0.4 is 0 Å². The van der Waals surface area contributed by atoms with Crippen LogP contribution in [0.25, 0.3) is 0 Å². The molecule has 0 unspecified atom stereocenters. The van der Waals surface area contributed by atoms with Gasteiger partial charge < -0.3 is 23.3 Å². The maximum absolute atomic E-state index is 4.33. The van der Waals surface area contributed by atoms with E-state index in [1.807, 2.05) is 64.2 Å². The Hall–Kier alpha value is 2.09. The van der Waals surface area contributed by atoms with Crippen molar-refractivity contribution in [3.8, 4) is 0 Å². The third-order valence-electron chi connectivity index (χ3n) is 1.14. The molecule has 2 aliphatic carbocycles. The van der Waals surface area contributed by atoms with Gasteiger partial charge in [-0.05, 0) is 64.2 Å². The largest absolute Gasteiger partial charge is 4.00 e. The zero-order valence-corrected chi connectivity index (χ0v) is 13.1. The van der Waals surface area contributed by atoms with Gasteiger partial charge in [0.15, 0.2) is 0 Å². The molecule has 2 aliphatic rings. The van der Waals surface area contributed by atoms with E-state index in [2.05, 4.69) is 23.3 Å². The van der Waals surface area contributed by atoms with Crippen molar-refractivity contribution in [2.45, 2.75) is 0 Å². The first-order chi connectivity index (χ1) is 6.91. The second-order valence-electron chi connectivity index (χ2n) is 2.06. The van der Waals surface area contributed by atoms with Crippen LogP contribution in [0.15, 0.2) is 0 Å². The second kappa shape index (κ2) is 18.5. The molecule has 0 spiro atoms. The molecule has 78 valence electrons. The Morgan fingerprint density at radius 3 is 0.667 bits per heavy atom. The van der Waals surface area contributed by atoms with E-state index in [1.165, 1.54) is 19.7 Å². The van der Waals surface area contributed by atoms with Gasteiger partial charge in [-0.3, -0.25) is 19.7 Å². The average Bonchev–Trinajstić information content (AvgIpc) is 2.94. The molecule has 2 rings (SSSR count). The van der Waals surface area contributed by atoms with Gasteiger partial charge in [0.1, 0.15) is 0 Å². The Kier molecular flexibility index (Phi) is 23.9. The zero-order chi connectivity index (χ0) is 10.5. The summed E-state index contributed by atoms with van der Waals surface area (Å²) in [4.78, 5) is 0. The van der Waals surface area contributed by atoms with Crippen molar-refractivity contribution in [3.05, 3.63) is 64.2 Å². The van der Waals surface area contributed by atoms with Gasteiger partial charge in [0.25, 0.3) is 0 Å². The summed E-state index contributed by atoms with van der Waals surface area (Å²) in [6, 6.07) is 0. The number of hydrogen-bond donors (Lipinski definition) is 0. The smallest absolute Gasteiger partial charge is 0.709 e. The fourth-order valence-corrected chi connectivity index (χ4v) is 0.642. The second-order valence-corrected chi connectivity index (χ2v) is 5.60. The Labute approximate surface area is 127 Å². The molecule has 0 bridgehead atoms. The monoisotopic (exact) mass is 356 g/mol. The molecule has 0 aromatic rings. The molecule has 0 N–H and O–H groups in total. The Bertz CT molecular complexity index is 68.2. The van der Waals surface area contributed by atoms with Crippen LogP contribution in [0.5, 0.6) is 0 Å². The molecule has 0 nitrogen and oxygen atoms in total. The third-order valence-corrected chi connectivity index (χ3v) is 3.36. The summed E-state index contributed by atoms with van der Waals surface area (Å²) >= 11 is 8.66. The molecule has 0 amide bonds. The van der Waals surface area contributed by atoms with Crippen molar-refractivity contribution in [3.63, 3.8) is 0 Å². The number of rotatable bonds is 1. The average molecular weight is 354 g/mol. The molecule has 0 heterocycles. The van der Waals surface area contributed by atoms with Crippen molar-refractivity contribution in [1.82, 2.24) is 0 Å². The minimum atomic E-state index is 0. The van der Waals surface area contributed by atoms with E-state index in [0.717, 1.165) is 0 Å². The van der Waals surface area contributed by atoms with Crippen molar-refractivity contribution in [2.24, 2.45) is 0 Å². The van der Waals surface area contributed by atoms with E-state index >= 15 is 0 Å². The predicted molar refractivity (Wildman–Crippen MR) is 72.9 cm³/mol. The van der Waals surface area contributed by atoms with Gasteiger partial charge >= 0.3 is 21.1 Å². The van der Waals surface area contributed by atoms with Crippen LogP contribution >= 0.6 is 19.7 Å². The maximum Gasteiger partial charge on any atom is 4.00 e. The Morgan fingerprint density at radius 2 is 0.600 bits per heavy atom. The minimum absolute atomic E-state index is 0. The van der Waals surface area contributed by atoms with Crippen LogP contribution in [0, 0.1) is 64.2 Å². The summed E-state index contributed by atoms with van der Waals surface area (Å²) in [5, 5.41) is 0. The molecule has 0 saturated heterocycles. The van der Waals surface area contributed by atoms with Gasteiger partial charge in [0, 0.05) is 0 Å². The van der Waals surface area contributed by atoms with E-state index in [9.17, 15) is 0 Å². The first-order valence-corrected chi connectivity index (χ1v) is 7.83. The fraction of sp³-hybridized carbons (Fsp3) is 0. The maximum atomic E-state index is 4.33. The van der Waals surface area contributed by atoms with Crippen LogP contribution in [0.4, 0.5) is 0 Å². The molecule has 2 fully saturated rings. The minimum Gasteiger partial charge on any atom is -0.709 e. The normalized spacial score (nSPS) is 18.0. The van der Waals surface area contributed by atoms with Gasteiger partial charge in [-0.1, -0.05) is 0 Å². The molecule has 15 heavy (non-hydrogen) atoms. The summed E-state index contributed by atoms with van der Waals surface area (Å²) < 4.78 is 0. The van der Waals surface area contributed by atoms with Crippen LogP contribution in [-0.2, 0) is 44.4 Å². The quantitative estimate of drug-likeness (QED) is 0.402. The van der Waals surface area contributed by atoms with E-state index < -0.39 is 0 Å². The van der Waals surface area contributed by atoms with Gasteiger partial charge in [-0.2, -0.15) is 0 Å². The molecule has 10 radical (unpaired) electrons. The molecule has 0 aromatic carbocycles. The van der Waals surface area contributed by atoms with Crippen molar-refractivity contribution in [1.29, 1.82) is 0 Å². The van der Waals surface area contributed by atoms with Crippen LogP contribution in [0.1, 0.15) is 0 Å². The number of hydrogen-bond acceptors (Lipinski definition) is 4. The van der Waals surface area contributed by atoms with Crippen molar-refractivity contribution < 1.29 is 21.1 Å². The van der Waals surface area contributed by atoms with Crippen molar-refractivity contribution in [2.75, 3.05) is 0 Å². The standard InChI is InChI=1S/2C5H5.Mo.H2S4/c2*1-2-4-5-3-1;;1-3-4-2/h2*1-5H;;1-2H/q;;+4;/p-2. The first-order valence-electron chi connectivity index (χ1n) is 3.83. The molecule has 5 heteroatoms. The predicted octanol–water partition coefficient (Wildman–Crippen LogP) is 3.33. The van der Waals surface area contributed by atoms with E-state index in [4.69, 9.17) is 0 Å². The van der Waals surface area contributed by atoms with Gasteiger partial charge in [0.05, 0.1) is 0 Å². The summed E-state index contributed by atoms with van der Waals surface area (Å²) in [6.45, 7) is 0. The van der Waals surface area contributed by atoms with Crippen molar-refractivity contribution >= 4 is 43.0 Å². The summed E-state index contributed by atoms with van der Waals surface area (Å²) in [6.07, 6.45) is 20.0. The summed E-state index contributed by atoms with van der Waals surface area (Å²) in [5.74, 6) is 0.